The van der Waals surface area contributed by atoms with Crippen LogP contribution < -0.4 is 10.6 Å². The predicted octanol–water partition coefficient (Wildman–Crippen LogP) is 3.82. The fourth-order valence-electron chi connectivity index (χ4n) is 2.44. The van der Waals surface area contributed by atoms with Gasteiger partial charge in [-0.1, -0.05) is 13.8 Å². The number of urea groups is 1. The Bertz CT molecular complexity index is 600. The van der Waals surface area contributed by atoms with E-state index in [4.69, 9.17) is 0 Å². The van der Waals surface area contributed by atoms with Crippen molar-refractivity contribution in [3.05, 3.63) is 24.0 Å². The van der Waals surface area contributed by atoms with Crippen molar-refractivity contribution in [1.82, 2.24) is 4.90 Å². The van der Waals surface area contributed by atoms with Crippen LogP contribution in [0.5, 0.6) is 0 Å². The summed E-state index contributed by atoms with van der Waals surface area (Å²) < 4.78 is 14.0. The van der Waals surface area contributed by atoms with Gasteiger partial charge in [0.2, 0.25) is 5.91 Å². The SMILES string of the molecule is CC(=O)Nc1ccc(F)c(NC(=O)N(C2CC2)[C@H](C)C(C)C)c1. The molecule has 1 aliphatic carbocycles. The Morgan fingerprint density at radius 3 is 2.39 bits per heavy atom. The molecule has 23 heavy (non-hydrogen) atoms. The lowest BCUT2D eigenvalue weighted by molar-refractivity contribution is -0.114. The summed E-state index contributed by atoms with van der Waals surface area (Å²) in [6, 6.07) is 4.13. The van der Waals surface area contributed by atoms with Crippen LogP contribution in [0, 0.1) is 11.7 Å². The maximum atomic E-state index is 14.0. The Kier molecular flexibility index (Phi) is 5.23. The van der Waals surface area contributed by atoms with Gasteiger partial charge in [-0.2, -0.15) is 0 Å². The van der Waals surface area contributed by atoms with Crippen LogP contribution in [0.4, 0.5) is 20.6 Å². The number of nitrogens with one attached hydrogen (secondary N) is 2. The molecular formula is C17H24FN3O2. The van der Waals surface area contributed by atoms with Crippen LogP contribution >= 0.6 is 0 Å². The molecule has 0 aromatic heterocycles. The van der Waals surface area contributed by atoms with E-state index in [2.05, 4.69) is 24.5 Å². The number of carbonyl (C=O) groups excluding carboxylic acids is 2. The zero-order chi connectivity index (χ0) is 17.1. The number of anilines is 2. The highest BCUT2D eigenvalue weighted by atomic mass is 19.1. The minimum Gasteiger partial charge on any atom is -0.326 e. The molecule has 1 saturated carbocycles. The van der Waals surface area contributed by atoms with E-state index in [1.165, 1.54) is 25.1 Å². The average molecular weight is 321 g/mol. The third-order valence-electron chi connectivity index (χ3n) is 4.11. The molecule has 0 radical (unpaired) electrons. The van der Waals surface area contributed by atoms with Crippen molar-refractivity contribution >= 4 is 23.3 Å². The number of amides is 3. The second-order valence-electron chi connectivity index (χ2n) is 6.43. The molecule has 126 valence electrons. The van der Waals surface area contributed by atoms with E-state index in [1.807, 2.05) is 6.92 Å². The van der Waals surface area contributed by atoms with E-state index >= 15 is 0 Å². The molecule has 1 fully saturated rings. The molecule has 1 aliphatic rings. The first-order valence-corrected chi connectivity index (χ1v) is 7.96. The third-order valence-corrected chi connectivity index (χ3v) is 4.11. The van der Waals surface area contributed by atoms with Gasteiger partial charge in [-0.15, -0.1) is 0 Å². The maximum Gasteiger partial charge on any atom is 0.322 e. The first kappa shape index (κ1) is 17.2. The summed E-state index contributed by atoms with van der Waals surface area (Å²) in [7, 11) is 0. The van der Waals surface area contributed by atoms with E-state index in [9.17, 15) is 14.0 Å². The van der Waals surface area contributed by atoms with Gasteiger partial charge in [0.05, 0.1) is 5.69 Å². The predicted molar refractivity (Wildman–Crippen MR) is 88.9 cm³/mol. The molecule has 5 nitrogen and oxygen atoms in total. The fourth-order valence-corrected chi connectivity index (χ4v) is 2.44. The summed E-state index contributed by atoms with van der Waals surface area (Å²) in [5, 5.41) is 5.22. The number of rotatable bonds is 5. The molecule has 1 atom stereocenters. The largest absolute Gasteiger partial charge is 0.326 e. The van der Waals surface area contributed by atoms with Crippen LogP contribution in [0.1, 0.15) is 40.5 Å². The van der Waals surface area contributed by atoms with Gasteiger partial charge >= 0.3 is 6.03 Å². The molecule has 0 aliphatic heterocycles. The Morgan fingerprint density at radius 1 is 1.22 bits per heavy atom. The zero-order valence-corrected chi connectivity index (χ0v) is 14.0. The van der Waals surface area contributed by atoms with Crippen molar-refractivity contribution in [3.63, 3.8) is 0 Å². The second kappa shape index (κ2) is 6.98. The molecule has 2 N–H and O–H groups in total. The summed E-state index contributed by atoms with van der Waals surface area (Å²) >= 11 is 0. The first-order chi connectivity index (χ1) is 10.8. The highest BCUT2D eigenvalue weighted by molar-refractivity contribution is 5.93. The van der Waals surface area contributed by atoms with E-state index in [0.717, 1.165) is 12.8 Å². The highest BCUT2D eigenvalue weighted by Crippen LogP contribution is 2.31. The molecule has 1 aromatic rings. The molecule has 0 unspecified atom stereocenters. The minimum atomic E-state index is -0.527. The van der Waals surface area contributed by atoms with Crippen LogP contribution in [-0.2, 0) is 4.79 Å². The Labute approximate surface area is 136 Å². The van der Waals surface area contributed by atoms with E-state index < -0.39 is 5.82 Å². The van der Waals surface area contributed by atoms with E-state index in [-0.39, 0.29) is 29.7 Å². The number of nitrogens with zero attached hydrogens (tertiary/aromatic N) is 1. The molecule has 6 heteroatoms. The molecule has 1 aromatic carbocycles. The van der Waals surface area contributed by atoms with Gasteiger partial charge in [0.25, 0.3) is 0 Å². The van der Waals surface area contributed by atoms with Crippen LogP contribution in [0.25, 0.3) is 0 Å². The molecule has 2 rings (SSSR count). The van der Waals surface area contributed by atoms with Gasteiger partial charge in [0, 0.05) is 24.7 Å². The average Bonchev–Trinajstić information content (AvgIpc) is 3.26. The highest BCUT2D eigenvalue weighted by Gasteiger charge is 2.36. The van der Waals surface area contributed by atoms with Gasteiger partial charge in [0.15, 0.2) is 0 Å². The van der Waals surface area contributed by atoms with Crippen molar-refractivity contribution in [3.8, 4) is 0 Å². The van der Waals surface area contributed by atoms with Gasteiger partial charge in [-0.05, 0) is 43.9 Å². The third kappa shape index (κ3) is 4.43. The quantitative estimate of drug-likeness (QED) is 0.866. The number of hydrogen-bond acceptors (Lipinski definition) is 2. The Balaban J connectivity index is 2.16. The fraction of sp³-hybridized carbons (Fsp3) is 0.529. The Morgan fingerprint density at radius 2 is 1.87 bits per heavy atom. The van der Waals surface area contributed by atoms with Crippen molar-refractivity contribution < 1.29 is 14.0 Å². The van der Waals surface area contributed by atoms with Crippen LogP contribution in [0.2, 0.25) is 0 Å². The van der Waals surface area contributed by atoms with Gasteiger partial charge < -0.3 is 15.5 Å². The lowest BCUT2D eigenvalue weighted by Gasteiger charge is -2.32. The Hall–Kier alpha value is -2.11. The molecule has 0 heterocycles. The summed E-state index contributed by atoms with van der Waals surface area (Å²) in [5.41, 5.74) is 0.520. The molecule has 0 bridgehead atoms. The van der Waals surface area contributed by atoms with Crippen LogP contribution in [-0.4, -0.2) is 28.9 Å². The number of benzene rings is 1. The second-order valence-corrected chi connectivity index (χ2v) is 6.43. The van der Waals surface area contributed by atoms with Crippen molar-refractivity contribution in [2.45, 2.75) is 52.6 Å². The summed E-state index contributed by atoms with van der Waals surface area (Å²) in [6.07, 6.45) is 1.97. The van der Waals surface area contributed by atoms with E-state index in [1.54, 1.807) is 4.90 Å². The van der Waals surface area contributed by atoms with Crippen molar-refractivity contribution in [2.24, 2.45) is 5.92 Å². The lowest BCUT2D eigenvalue weighted by Crippen LogP contribution is -2.45. The maximum absolute atomic E-state index is 14.0. The number of halogens is 1. The van der Waals surface area contributed by atoms with Crippen LogP contribution in [0.3, 0.4) is 0 Å². The van der Waals surface area contributed by atoms with Crippen LogP contribution in [0.15, 0.2) is 18.2 Å². The molecule has 0 spiro atoms. The monoisotopic (exact) mass is 321 g/mol. The topological polar surface area (TPSA) is 61.4 Å². The summed E-state index contributed by atoms with van der Waals surface area (Å²) in [6.45, 7) is 7.50. The zero-order valence-electron chi connectivity index (χ0n) is 14.0. The van der Waals surface area contributed by atoms with Gasteiger partial charge in [0.1, 0.15) is 5.82 Å². The number of hydrogen-bond donors (Lipinski definition) is 2. The smallest absolute Gasteiger partial charge is 0.322 e. The van der Waals surface area contributed by atoms with Gasteiger partial charge in [-0.3, -0.25) is 4.79 Å². The summed E-state index contributed by atoms with van der Waals surface area (Å²) in [5.74, 6) is -0.459. The first-order valence-electron chi connectivity index (χ1n) is 7.96. The number of carbonyl (C=O) groups is 2. The lowest BCUT2D eigenvalue weighted by atomic mass is 10.0. The van der Waals surface area contributed by atoms with Gasteiger partial charge in [-0.25, -0.2) is 9.18 Å². The van der Waals surface area contributed by atoms with Crippen molar-refractivity contribution in [2.75, 3.05) is 10.6 Å². The van der Waals surface area contributed by atoms with E-state index in [0.29, 0.717) is 11.6 Å². The molecular weight excluding hydrogens is 297 g/mol. The molecule has 0 saturated heterocycles. The summed E-state index contributed by atoms with van der Waals surface area (Å²) in [4.78, 5) is 25.5. The molecule has 3 amide bonds. The van der Waals surface area contributed by atoms with Crippen molar-refractivity contribution in [1.29, 1.82) is 0 Å². The minimum absolute atomic E-state index is 0.0721. The normalized spacial score (nSPS) is 15.2. The standard InChI is InChI=1S/C17H24FN3O2/c1-10(2)11(3)21(14-6-7-14)17(23)20-16-9-13(19-12(4)22)5-8-15(16)18/h5,8-11,14H,6-7H2,1-4H3,(H,19,22)(H,20,23)/t11-/m1/s1.